The van der Waals surface area contributed by atoms with Gasteiger partial charge in [-0.2, -0.15) is 0 Å². The third kappa shape index (κ3) is 2.13. The van der Waals surface area contributed by atoms with Crippen LogP contribution in [0, 0.1) is 5.82 Å². The number of aliphatic hydroxyl groups is 1. The van der Waals surface area contributed by atoms with Crippen molar-refractivity contribution in [2.45, 2.75) is 18.6 Å². The lowest BCUT2D eigenvalue weighted by atomic mass is 9.97. The van der Waals surface area contributed by atoms with Crippen LogP contribution in [0.4, 0.5) is 4.39 Å². The topological polar surface area (TPSA) is 62.6 Å². The predicted octanol–water partition coefficient (Wildman–Crippen LogP) is 1.96. The van der Waals surface area contributed by atoms with E-state index < -0.39 is 23.8 Å². The van der Waals surface area contributed by atoms with Crippen molar-refractivity contribution in [2.24, 2.45) is 0 Å². The number of nitrogens with zero attached hydrogens (tertiary/aromatic N) is 1. The number of aromatic nitrogens is 1. The minimum Gasteiger partial charge on any atom is -0.505 e. The summed E-state index contributed by atoms with van der Waals surface area (Å²) in [6, 6.07) is 7.46. The lowest BCUT2D eigenvalue weighted by Crippen LogP contribution is -2.30. The van der Waals surface area contributed by atoms with Crippen molar-refractivity contribution < 1.29 is 19.3 Å². The Hall–Kier alpha value is -2.14. The van der Waals surface area contributed by atoms with Crippen molar-refractivity contribution in [1.29, 1.82) is 0 Å². The van der Waals surface area contributed by atoms with E-state index >= 15 is 0 Å². The van der Waals surface area contributed by atoms with Crippen LogP contribution in [-0.2, 0) is 6.42 Å². The van der Waals surface area contributed by atoms with Gasteiger partial charge in [0.15, 0.2) is 17.7 Å². The lowest BCUT2D eigenvalue weighted by Gasteiger charge is -2.30. The Morgan fingerprint density at radius 1 is 1.32 bits per heavy atom. The zero-order valence-electron chi connectivity index (χ0n) is 9.95. The Labute approximate surface area is 109 Å². The molecule has 2 heterocycles. The minimum absolute atomic E-state index is 0.351. The van der Waals surface area contributed by atoms with Crippen molar-refractivity contribution in [3.05, 3.63) is 53.6 Å². The highest BCUT2D eigenvalue weighted by molar-refractivity contribution is 5.35. The molecule has 0 spiro atoms. The Morgan fingerprint density at radius 3 is 2.95 bits per heavy atom. The van der Waals surface area contributed by atoms with Crippen molar-refractivity contribution in [1.82, 2.24) is 4.98 Å². The van der Waals surface area contributed by atoms with Crippen LogP contribution >= 0.6 is 0 Å². The van der Waals surface area contributed by atoms with Gasteiger partial charge in [0.2, 0.25) is 0 Å². The highest BCUT2D eigenvalue weighted by atomic mass is 19.1. The number of rotatable bonds is 1. The molecule has 0 bridgehead atoms. The minimum atomic E-state index is -0.800. The van der Waals surface area contributed by atoms with Crippen LogP contribution < -0.4 is 4.74 Å². The number of phenols is 1. The maximum atomic E-state index is 13.4. The summed E-state index contributed by atoms with van der Waals surface area (Å²) in [4.78, 5) is 4.13. The van der Waals surface area contributed by atoms with Crippen molar-refractivity contribution in [3.63, 3.8) is 0 Å². The first kappa shape index (κ1) is 11.9. The molecule has 2 aromatic rings. The molecule has 0 saturated carbocycles. The molecule has 0 radical (unpaired) electrons. The van der Waals surface area contributed by atoms with E-state index in [1.54, 1.807) is 18.3 Å². The zero-order chi connectivity index (χ0) is 13.4. The van der Waals surface area contributed by atoms with Gasteiger partial charge in [-0.25, -0.2) is 4.39 Å². The standard InChI is InChI=1S/C14H12FNO3/c15-9-6-8(3-4-11(9)17)14-12(18)7-10-13(19-14)2-1-5-16-10/h1-6,12,14,17-18H,7H2/t12-,14-/m0/s1. The van der Waals surface area contributed by atoms with Gasteiger partial charge in [-0.15, -0.1) is 0 Å². The summed E-state index contributed by atoms with van der Waals surface area (Å²) >= 11 is 0. The van der Waals surface area contributed by atoms with E-state index in [2.05, 4.69) is 4.98 Å². The van der Waals surface area contributed by atoms with Crippen LogP contribution in [0.5, 0.6) is 11.5 Å². The largest absolute Gasteiger partial charge is 0.505 e. The molecule has 0 amide bonds. The molecule has 1 aliphatic rings. The second-order valence-electron chi connectivity index (χ2n) is 4.47. The predicted molar refractivity (Wildman–Crippen MR) is 65.4 cm³/mol. The van der Waals surface area contributed by atoms with E-state index in [0.717, 1.165) is 0 Å². The third-order valence-electron chi connectivity index (χ3n) is 3.15. The average molecular weight is 261 g/mol. The molecule has 0 fully saturated rings. The number of halogens is 1. The second kappa shape index (κ2) is 4.51. The Kier molecular flexibility index (Phi) is 2.83. The van der Waals surface area contributed by atoms with E-state index in [1.807, 2.05) is 0 Å². The average Bonchev–Trinajstić information content (AvgIpc) is 2.41. The molecule has 1 aromatic heterocycles. The van der Waals surface area contributed by atoms with Gasteiger partial charge < -0.3 is 14.9 Å². The Balaban J connectivity index is 1.96. The van der Waals surface area contributed by atoms with Gasteiger partial charge in [0.05, 0.1) is 5.69 Å². The van der Waals surface area contributed by atoms with Gasteiger partial charge in [-0.05, 0) is 29.8 Å². The smallest absolute Gasteiger partial charge is 0.165 e. The van der Waals surface area contributed by atoms with Crippen LogP contribution in [0.25, 0.3) is 0 Å². The fraction of sp³-hybridized carbons (Fsp3) is 0.214. The number of fused-ring (bicyclic) bond motifs is 1. The maximum absolute atomic E-state index is 13.4. The molecule has 2 N–H and O–H groups in total. The fourth-order valence-corrected chi connectivity index (χ4v) is 2.19. The SMILES string of the molecule is Oc1ccc([C@@H]2Oc3cccnc3C[C@@H]2O)cc1F. The van der Waals surface area contributed by atoms with E-state index in [1.165, 1.54) is 18.2 Å². The van der Waals surface area contributed by atoms with Crippen molar-refractivity contribution in [3.8, 4) is 11.5 Å². The highest BCUT2D eigenvalue weighted by Crippen LogP contribution is 2.34. The first-order valence-corrected chi connectivity index (χ1v) is 5.92. The van der Waals surface area contributed by atoms with E-state index in [9.17, 15) is 14.6 Å². The summed E-state index contributed by atoms with van der Waals surface area (Å²) in [5.41, 5.74) is 1.17. The molecule has 0 saturated heterocycles. The number of hydrogen-bond donors (Lipinski definition) is 2. The molecular formula is C14H12FNO3. The third-order valence-corrected chi connectivity index (χ3v) is 3.15. The van der Waals surface area contributed by atoms with Crippen LogP contribution in [0.15, 0.2) is 36.5 Å². The van der Waals surface area contributed by atoms with Gasteiger partial charge in [0.1, 0.15) is 11.9 Å². The molecule has 4 nitrogen and oxygen atoms in total. The van der Waals surface area contributed by atoms with Crippen molar-refractivity contribution in [2.75, 3.05) is 0 Å². The van der Waals surface area contributed by atoms with Gasteiger partial charge in [0.25, 0.3) is 0 Å². The number of benzene rings is 1. The molecule has 2 atom stereocenters. The van der Waals surface area contributed by atoms with Crippen LogP contribution in [0.3, 0.4) is 0 Å². The molecule has 3 rings (SSSR count). The molecule has 1 aliphatic heterocycles. The number of phenolic OH excluding ortho intramolecular Hbond substituents is 1. The zero-order valence-corrected chi connectivity index (χ0v) is 9.95. The molecule has 1 aromatic carbocycles. The van der Waals surface area contributed by atoms with Gasteiger partial charge >= 0.3 is 0 Å². The monoisotopic (exact) mass is 261 g/mol. The number of aliphatic hydroxyl groups excluding tert-OH is 1. The van der Waals surface area contributed by atoms with Crippen LogP contribution in [0.1, 0.15) is 17.4 Å². The molecular weight excluding hydrogens is 249 g/mol. The number of pyridine rings is 1. The van der Waals surface area contributed by atoms with E-state index in [0.29, 0.717) is 23.4 Å². The fourth-order valence-electron chi connectivity index (χ4n) is 2.19. The Morgan fingerprint density at radius 2 is 2.16 bits per heavy atom. The lowest BCUT2D eigenvalue weighted by molar-refractivity contribution is 0.0191. The number of aromatic hydroxyl groups is 1. The van der Waals surface area contributed by atoms with Crippen LogP contribution in [0.2, 0.25) is 0 Å². The van der Waals surface area contributed by atoms with E-state index in [-0.39, 0.29) is 0 Å². The first-order chi connectivity index (χ1) is 9.15. The summed E-state index contributed by atoms with van der Waals surface area (Å²) in [7, 11) is 0. The van der Waals surface area contributed by atoms with Gasteiger partial charge in [-0.1, -0.05) is 6.07 Å². The number of hydrogen-bond acceptors (Lipinski definition) is 4. The molecule has 5 heteroatoms. The second-order valence-corrected chi connectivity index (χ2v) is 4.47. The summed E-state index contributed by atoms with van der Waals surface area (Å²) in [6.45, 7) is 0. The molecule has 0 unspecified atom stereocenters. The normalized spacial score (nSPS) is 21.6. The molecule has 0 aliphatic carbocycles. The Bertz CT molecular complexity index is 617. The highest BCUT2D eigenvalue weighted by Gasteiger charge is 2.30. The molecule has 98 valence electrons. The van der Waals surface area contributed by atoms with Gasteiger partial charge in [-0.3, -0.25) is 4.98 Å². The van der Waals surface area contributed by atoms with Crippen molar-refractivity contribution >= 4 is 0 Å². The summed E-state index contributed by atoms with van der Waals surface area (Å²) in [5.74, 6) is -0.562. The summed E-state index contributed by atoms with van der Waals surface area (Å²) < 4.78 is 19.0. The number of ether oxygens (including phenoxy) is 1. The summed E-state index contributed by atoms with van der Waals surface area (Å²) in [5, 5.41) is 19.3. The summed E-state index contributed by atoms with van der Waals surface area (Å²) in [6.07, 6.45) is 0.525. The first-order valence-electron chi connectivity index (χ1n) is 5.92. The van der Waals surface area contributed by atoms with E-state index in [4.69, 9.17) is 4.74 Å². The maximum Gasteiger partial charge on any atom is 0.165 e. The molecule has 19 heavy (non-hydrogen) atoms. The quantitative estimate of drug-likeness (QED) is 0.823. The van der Waals surface area contributed by atoms with Gasteiger partial charge in [0, 0.05) is 12.6 Å². The van der Waals surface area contributed by atoms with Crippen LogP contribution in [-0.4, -0.2) is 21.3 Å².